The SMILES string of the molecule is O=C(O)CCCCCNC(=O)[C@H](CCCCNC(=O)OCc1ccccc1)NC(=O)[C@H](CCCCNC(=O)OCc1ccccc1)NC(=O)OCc1ccccc1. The summed E-state index contributed by atoms with van der Waals surface area (Å²) in [5, 5.41) is 22.5. The summed E-state index contributed by atoms with van der Waals surface area (Å²) in [6.07, 6.45) is 1.97. The lowest BCUT2D eigenvalue weighted by atomic mass is 10.1. The first kappa shape index (κ1) is 45.3. The Bertz CT molecular complexity index is 1650. The van der Waals surface area contributed by atoms with Gasteiger partial charge in [-0.3, -0.25) is 14.4 Å². The number of carbonyl (C=O) groups excluding carboxylic acids is 5. The summed E-state index contributed by atoms with van der Waals surface area (Å²) in [5.74, 6) is -1.91. The quantitative estimate of drug-likeness (QED) is 0.0430. The molecule has 5 amide bonds. The highest BCUT2D eigenvalue weighted by molar-refractivity contribution is 5.91. The summed E-state index contributed by atoms with van der Waals surface area (Å²) in [7, 11) is 0. The number of benzene rings is 3. The first-order valence-corrected chi connectivity index (χ1v) is 19.4. The molecule has 57 heavy (non-hydrogen) atoms. The molecule has 0 bridgehead atoms. The molecule has 0 aliphatic carbocycles. The van der Waals surface area contributed by atoms with Crippen molar-refractivity contribution in [1.82, 2.24) is 26.6 Å². The van der Waals surface area contributed by atoms with Crippen LogP contribution in [-0.2, 0) is 48.4 Å². The van der Waals surface area contributed by atoms with Crippen molar-refractivity contribution in [3.63, 3.8) is 0 Å². The average Bonchev–Trinajstić information content (AvgIpc) is 3.22. The van der Waals surface area contributed by atoms with Gasteiger partial charge >= 0.3 is 24.2 Å². The standard InChI is InChI=1S/C42H55N5O10/c48-37(49)25-11-4-14-26-43-38(50)35(23-12-15-27-44-40(52)55-29-32-17-5-1-6-18-32)46-39(51)36(47-42(54)57-31-34-21-9-3-10-22-34)24-13-16-28-45-41(53)56-30-33-19-7-2-8-20-33/h1-3,5-10,17-22,35-36H,4,11-16,23-31H2,(H,43,50)(H,44,52)(H,45,53)(H,46,51)(H,47,54)(H,48,49)/t35-,36-/m0/s1. The average molecular weight is 790 g/mol. The molecule has 2 atom stereocenters. The van der Waals surface area contributed by atoms with Crippen LogP contribution in [0.5, 0.6) is 0 Å². The van der Waals surface area contributed by atoms with Crippen LogP contribution in [0, 0.1) is 0 Å². The van der Waals surface area contributed by atoms with E-state index < -0.39 is 48.1 Å². The van der Waals surface area contributed by atoms with E-state index in [2.05, 4.69) is 26.6 Å². The summed E-state index contributed by atoms with van der Waals surface area (Å²) in [4.78, 5) is 75.1. The largest absolute Gasteiger partial charge is 0.481 e. The number of hydrogen-bond donors (Lipinski definition) is 6. The molecule has 3 rings (SSSR count). The van der Waals surface area contributed by atoms with Crippen LogP contribution < -0.4 is 26.6 Å². The smallest absolute Gasteiger partial charge is 0.408 e. The van der Waals surface area contributed by atoms with Gasteiger partial charge in [0.2, 0.25) is 11.8 Å². The second-order valence-electron chi connectivity index (χ2n) is 13.3. The van der Waals surface area contributed by atoms with Crippen molar-refractivity contribution < 1.29 is 48.1 Å². The highest BCUT2D eigenvalue weighted by Gasteiger charge is 2.27. The number of amides is 5. The molecule has 0 radical (unpaired) electrons. The third-order valence-corrected chi connectivity index (χ3v) is 8.62. The maximum Gasteiger partial charge on any atom is 0.408 e. The minimum atomic E-state index is -1.06. The predicted molar refractivity (Wildman–Crippen MR) is 212 cm³/mol. The van der Waals surface area contributed by atoms with E-state index >= 15 is 0 Å². The molecular formula is C42H55N5O10. The maximum atomic E-state index is 13.7. The molecule has 0 aromatic heterocycles. The molecular weight excluding hydrogens is 734 g/mol. The number of ether oxygens (including phenoxy) is 3. The second-order valence-corrected chi connectivity index (χ2v) is 13.3. The summed E-state index contributed by atoms with van der Waals surface area (Å²) < 4.78 is 15.9. The van der Waals surface area contributed by atoms with E-state index in [0.29, 0.717) is 44.9 Å². The van der Waals surface area contributed by atoms with Crippen molar-refractivity contribution in [3.8, 4) is 0 Å². The Labute approximate surface area is 333 Å². The van der Waals surface area contributed by atoms with Crippen LogP contribution in [0.15, 0.2) is 91.0 Å². The number of carboxylic acids is 1. The molecule has 0 spiro atoms. The van der Waals surface area contributed by atoms with E-state index in [1.54, 1.807) is 12.1 Å². The zero-order chi connectivity index (χ0) is 40.9. The number of carboxylic acid groups (broad SMARTS) is 1. The Balaban J connectivity index is 1.55. The van der Waals surface area contributed by atoms with Gasteiger partial charge in [-0.15, -0.1) is 0 Å². The van der Waals surface area contributed by atoms with Crippen molar-refractivity contribution in [2.24, 2.45) is 0 Å². The van der Waals surface area contributed by atoms with Crippen molar-refractivity contribution in [2.75, 3.05) is 19.6 Å². The van der Waals surface area contributed by atoms with E-state index in [-0.39, 0.29) is 58.7 Å². The lowest BCUT2D eigenvalue weighted by molar-refractivity contribution is -0.137. The molecule has 0 unspecified atom stereocenters. The molecule has 0 fully saturated rings. The lowest BCUT2D eigenvalue weighted by Gasteiger charge is -2.23. The summed E-state index contributed by atoms with van der Waals surface area (Å²) in [5.41, 5.74) is 2.47. The van der Waals surface area contributed by atoms with E-state index in [0.717, 1.165) is 16.7 Å². The van der Waals surface area contributed by atoms with Crippen LogP contribution in [0.1, 0.15) is 80.9 Å². The van der Waals surface area contributed by atoms with Gasteiger partial charge in [0.25, 0.3) is 0 Å². The normalized spacial score (nSPS) is 11.6. The molecule has 6 N–H and O–H groups in total. The first-order chi connectivity index (χ1) is 27.7. The third kappa shape index (κ3) is 20.9. The highest BCUT2D eigenvalue weighted by Crippen LogP contribution is 2.09. The van der Waals surface area contributed by atoms with E-state index in [1.807, 2.05) is 78.9 Å². The van der Waals surface area contributed by atoms with E-state index in [1.165, 1.54) is 0 Å². The van der Waals surface area contributed by atoms with Crippen molar-refractivity contribution >= 4 is 36.1 Å². The fraction of sp³-hybridized carbons (Fsp3) is 0.429. The van der Waals surface area contributed by atoms with Crippen LogP contribution in [0.4, 0.5) is 14.4 Å². The van der Waals surface area contributed by atoms with Gasteiger partial charge in [-0.1, -0.05) is 97.4 Å². The number of nitrogens with one attached hydrogen (secondary N) is 5. The minimum absolute atomic E-state index is 0.0125. The number of hydrogen-bond acceptors (Lipinski definition) is 9. The van der Waals surface area contributed by atoms with Gasteiger partial charge in [0.1, 0.15) is 31.9 Å². The molecule has 15 nitrogen and oxygen atoms in total. The van der Waals surface area contributed by atoms with Gasteiger partial charge in [0.15, 0.2) is 0 Å². The predicted octanol–water partition coefficient (Wildman–Crippen LogP) is 5.72. The minimum Gasteiger partial charge on any atom is -0.481 e. The van der Waals surface area contributed by atoms with Gasteiger partial charge in [-0.2, -0.15) is 0 Å². The van der Waals surface area contributed by atoms with Crippen LogP contribution >= 0.6 is 0 Å². The molecule has 15 heteroatoms. The van der Waals surface area contributed by atoms with Crippen LogP contribution in [0.2, 0.25) is 0 Å². The molecule has 3 aromatic carbocycles. The Morgan fingerprint density at radius 1 is 0.456 bits per heavy atom. The monoisotopic (exact) mass is 789 g/mol. The van der Waals surface area contributed by atoms with Gasteiger partial charge < -0.3 is 45.9 Å². The van der Waals surface area contributed by atoms with E-state index in [9.17, 15) is 28.8 Å². The van der Waals surface area contributed by atoms with Gasteiger partial charge in [0, 0.05) is 26.1 Å². The summed E-state index contributed by atoms with van der Waals surface area (Å²) >= 11 is 0. The Hall–Kier alpha value is -6.12. The summed E-state index contributed by atoms with van der Waals surface area (Å²) in [6.45, 7) is 1.08. The lowest BCUT2D eigenvalue weighted by Crippen LogP contribution is -2.54. The van der Waals surface area contributed by atoms with Crippen molar-refractivity contribution in [3.05, 3.63) is 108 Å². The van der Waals surface area contributed by atoms with Gasteiger partial charge in [-0.05, 0) is 68.1 Å². The van der Waals surface area contributed by atoms with Crippen molar-refractivity contribution in [2.45, 2.75) is 96.1 Å². The van der Waals surface area contributed by atoms with Gasteiger partial charge in [0.05, 0.1) is 0 Å². The molecule has 308 valence electrons. The van der Waals surface area contributed by atoms with Crippen LogP contribution in [-0.4, -0.2) is 72.9 Å². The van der Waals surface area contributed by atoms with Crippen LogP contribution in [0.25, 0.3) is 0 Å². The van der Waals surface area contributed by atoms with Gasteiger partial charge in [-0.25, -0.2) is 14.4 Å². The molecule has 0 saturated carbocycles. The molecule has 0 aliphatic rings. The van der Waals surface area contributed by atoms with Crippen molar-refractivity contribution in [1.29, 1.82) is 0 Å². The third-order valence-electron chi connectivity index (χ3n) is 8.62. The topological polar surface area (TPSA) is 210 Å². The number of alkyl carbamates (subject to hydrolysis) is 3. The Kier molecular flexibility index (Phi) is 21.8. The molecule has 0 heterocycles. The fourth-order valence-electron chi connectivity index (χ4n) is 5.51. The Morgan fingerprint density at radius 2 is 0.860 bits per heavy atom. The number of aliphatic carboxylic acids is 1. The molecule has 3 aromatic rings. The maximum absolute atomic E-state index is 13.7. The Morgan fingerprint density at radius 3 is 1.32 bits per heavy atom. The molecule has 0 aliphatic heterocycles. The van der Waals surface area contributed by atoms with Crippen LogP contribution in [0.3, 0.4) is 0 Å². The number of carbonyl (C=O) groups is 6. The zero-order valence-corrected chi connectivity index (χ0v) is 32.3. The molecule has 0 saturated heterocycles. The number of unbranched alkanes of at least 4 members (excludes halogenated alkanes) is 4. The summed E-state index contributed by atoms with van der Waals surface area (Å²) in [6, 6.07) is 25.6. The zero-order valence-electron chi connectivity index (χ0n) is 32.3. The second kappa shape index (κ2) is 27.5. The number of rotatable bonds is 26. The fourth-order valence-corrected chi connectivity index (χ4v) is 5.51. The highest BCUT2D eigenvalue weighted by atomic mass is 16.6. The van der Waals surface area contributed by atoms with E-state index in [4.69, 9.17) is 19.3 Å². The first-order valence-electron chi connectivity index (χ1n) is 19.4.